The lowest BCUT2D eigenvalue weighted by Crippen LogP contribution is -2.06. The van der Waals surface area contributed by atoms with Crippen molar-refractivity contribution in [2.24, 2.45) is 0 Å². The van der Waals surface area contributed by atoms with Crippen LogP contribution in [-0.2, 0) is 0 Å². The van der Waals surface area contributed by atoms with Crippen molar-refractivity contribution >= 4 is 11.6 Å². The summed E-state index contributed by atoms with van der Waals surface area (Å²) in [5.41, 5.74) is 2.26. The number of benzene rings is 2. The summed E-state index contributed by atoms with van der Waals surface area (Å²) in [4.78, 5) is 0. The van der Waals surface area contributed by atoms with Crippen LogP contribution in [0.15, 0.2) is 30.3 Å². The van der Waals surface area contributed by atoms with Crippen LogP contribution in [0.3, 0.4) is 0 Å². The first-order valence-electron chi connectivity index (χ1n) is 5.80. The summed E-state index contributed by atoms with van der Waals surface area (Å²) in [6.07, 6.45) is -1.01. The Kier molecular flexibility index (Phi) is 3.88. The van der Waals surface area contributed by atoms with Crippen LogP contribution in [0.2, 0.25) is 5.02 Å². The van der Waals surface area contributed by atoms with E-state index in [1.165, 1.54) is 24.3 Å². The minimum atomic E-state index is -1.01. The second kappa shape index (κ2) is 5.27. The lowest BCUT2D eigenvalue weighted by atomic mass is 9.93. The largest absolute Gasteiger partial charge is 0.384 e. The quantitative estimate of drug-likeness (QED) is 0.870. The molecule has 19 heavy (non-hydrogen) atoms. The number of rotatable bonds is 2. The van der Waals surface area contributed by atoms with Crippen molar-refractivity contribution in [2.45, 2.75) is 20.0 Å². The van der Waals surface area contributed by atoms with E-state index in [0.717, 1.165) is 6.07 Å². The molecule has 0 bridgehead atoms. The molecule has 0 aliphatic carbocycles. The fourth-order valence-corrected chi connectivity index (χ4v) is 2.50. The molecule has 0 radical (unpaired) electrons. The maximum Gasteiger partial charge on any atom is 0.124 e. The molecule has 1 nitrogen and oxygen atoms in total. The number of halogens is 3. The molecule has 2 aromatic carbocycles. The van der Waals surface area contributed by atoms with Crippen molar-refractivity contribution in [2.75, 3.05) is 0 Å². The molecule has 0 saturated heterocycles. The smallest absolute Gasteiger partial charge is 0.124 e. The SMILES string of the molecule is Cc1cc(F)cc(C)c1C(O)c1ccc(F)cc1Cl. The van der Waals surface area contributed by atoms with Gasteiger partial charge in [-0.3, -0.25) is 0 Å². The maximum atomic E-state index is 13.2. The fourth-order valence-electron chi connectivity index (χ4n) is 2.23. The molecule has 0 aliphatic rings. The molecule has 100 valence electrons. The zero-order valence-electron chi connectivity index (χ0n) is 10.5. The Morgan fingerprint density at radius 1 is 1.00 bits per heavy atom. The third-order valence-corrected chi connectivity index (χ3v) is 3.42. The van der Waals surface area contributed by atoms with E-state index in [2.05, 4.69) is 0 Å². The van der Waals surface area contributed by atoms with E-state index >= 15 is 0 Å². The molecular formula is C15H13ClF2O. The highest BCUT2D eigenvalue weighted by Gasteiger charge is 2.19. The minimum Gasteiger partial charge on any atom is -0.384 e. The van der Waals surface area contributed by atoms with E-state index in [0.29, 0.717) is 22.3 Å². The minimum absolute atomic E-state index is 0.149. The first-order valence-corrected chi connectivity index (χ1v) is 6.17. The molecule has 2 rings (SSSR count). The summed E-state index contributed by atoms with van der Waals surface area (Å²) >= 11 is 5.94. The van der Waals surface area contributed by atoms with E-state index in [-0.39, 0.29) is 10.8 Å². The third-order valence-electron chi connectivity index (χ3n) is 3.09. The van der Waals surface area contributed by atoms with Gasteiger partial charge in [0, 0.05) is 10.6 Å². The monoisotopic (exact) mass is 282 g/mol. The van der Waals surface area contributed by atoms with Crippen molar-refractivity contribution < 1.29 is 13.9 Å². The summed E-state index contributed by atoms with van der Waals surface area (Å²) in [5.74, 6) is -0.815. The third kappa shape index (κ3) is 2.77. The van der Waals surface area contributed by atoms with Crippen molar-refractivity contribution in [1.29, 1.82) is 0 Å². The van der Waals surface area contributed by atoms with Crippen molar-refractivity contribution in [3.63, 3.8) is 0 Å². The molecule has 0 aliphatic heterocycles. The molecule has 0 spiro atoms. The van der Waals surface area contributed by atoms with Gasteiger partial charge in [-0.1, -0.05) is 17.7 Å². The molecule has 1 N–H and O–H groups in total. The summed E-state index contributed by atoms with van der Waals surface area (Å²) < 4.78 is 26.3. The Balaban J connectivity index is 2.53. The van der Waals surface area contributed by atoms with Crippen molar-refractivity contribution in [3.05, 3.63) is 69.2 Å². The second-order valence-electron chi connectivity index (χ2n) is 4.52. The van der Waals surface area contributed by atoms with Crippen LogP contribution < -0.4 is 0 Å². The molecule has 2 aromatic rings. The van der Waals surface area contributed by atoms with Gasteiger partial charge < -0.3 is 5.11 Å². The topological polar surface area (TPSA) is 20.2 Å². The molecule has 4 heteroatoms. The zero-order chi connectivity index (χ0) is 14.2. The lowest BCUT2D eigenvalue weighted by Gasteiger charge is -2.18. The van der Waals surface area contributed by atoms with Crippen LogP contribution in [0.5, 0.6) is 0 Å². The molecule has 0 aromatic heterocycles. The standard InChI is InChI=1S/C15H13ClF2O/c1-8-5-11(18)6-9(2)14(8)15(19)12-4-3-10(17)7-13(12)16/h3-7,15,19H,1-2H3. The molecule has 0 amide bonds. The lowest BCUT2D eigenvalue weighted by molar-refractivity contribution is 0.218. The highest BCUT2D eigenvalue weighted by atomic mass is 35.5. The summed E-state index contributed by atoms with van der Waals surface area (Å²) in [5, 5.41) is 10.5. The Morgan fingerprint density at radius 2 is 1.58 bits per heavy atom. The predicted octanol–water partition coefficient (Wildman–Crippen LogP) is 4.32. The Bertz CT molecular complexity index is 603. The van der Waals surface area contributed by atoms with E-state index in [4.69, 9.17) is 11.6 Å². The van der Waals surface area contributed by atoms with Gasteiger partial charge >= 0.3 is 0 Å². The Morgan fingerprint density at radius 3 is 2.11 bits per heavy atom. The van der Waals surface area contributed by atoms with Gasteiger partial charge in [0.25, 0.3) is 0 Å². The van der Waals surface area contributed by atoms with Crippen LogP contribution in [0.1, 0.15) is 28.4 Å². The van der Waals surface area contributed by atoms with Crippen LogP contribution in [0.25, 0.3) is 0 Å². The van der Waals surface area contributed by atoms with E-state index < -0.39 is 11.9 Å². The zero-order valence-corrected chi connectivity index (χ0v) is 11.3. The number of aliphatic hydroxyl groups is 1. The number of hydrogen-bond acceptors (Lipinski definition) is 1. The van der Waals surface area contributed by atoms with Gasteiger partial charge in [0.2, 0.25) is 0 Å². The van der Waals surface area contributed by atoms with Gasteiger partial charge in [-0.05, 0) is 54.8 Å². The highest BCUT2D eigenvalue weighted by Crippen LogP contribution is 2.32. The molecule has 0 saturated carbocycles. The maximum absolute atomic E-state index is 13.2. The van der Waals surface area contributed by atoms with E-state index in [1.807, 2.05) is 0 Å². The summed E-state index contributed by atoms with van der Waals surface area (Å²) in [6, 6.07) is 6.52. The Labute approximate surface area is 115 Å². The van der Waals surface area contributed by atoms with Gasteiger partial charge in [0.15, 0.2) is 0 Å². The normalized spacial score (nSPS) is 12.5. The van der Waals surface area contributed by atoms with Crippen LogP contribution in [0.4, 0.5) is 8.78 Å². The Hall–Kier alpha value is -1.45. The van der Waals surface area contributed by atoms with E-state index in [1.54, 1.807) is 13.8 Å². The van der Waals surface area contributed by atoms with Crippen molar-refractivity contribution in [1.82, 2.24) is 0 Å². The molecule has 0 heterocycles. The van der Waals surface area contributed by atoms with Crippen molar-refractivity contribution in [3.8, 4) is 0 Å². The predicted molar refractivity (Wildman–Crippen MR) is 71.3 cm³/mol. The number of aliphatic hydroxyl groups excluding tert-OH is 1. The molecule has 0 fully saturated rings. The van der Waals surface area contributed by atoms with Gasteiger partial charge in [0.05, 0.1) is 0 Å². The summed E-state index contributed by atoms with van der Waals surface area (Å²) in [7, 11) is 0. The summed E-state index contributed by atoms with van der Waals surface area (Å²) in [6.45, 7) is 3.43. The van der Waals surface area contributed by atoms with Crippen LogP contribution in [-0.4, -0.2) is 5.11 Å². The molecule has 1 unspecified atom stereocenters. The first kappa shape index (κ1) is 14.0. The van der Waals surface area contributed by atoms with Gasteiger partial charge in [0.1, 0.15) is 17.7 Å². The van der Waals surface area contributed by atoms with Gasteiger partial charge in [-0.25, -0.2) is 8.78 Å². The van der Waals surface area contributed by atoms with Crippen LogP contribution >= 0.6 is 11.6 Å². The van der Waals surface area contributed by atoms with Crippen LogP contribution in [0, 0.1) is 25.5 Å². The van der Waals surface area contributed by atoms with Gasteiger partial charge in [-0.15, -0.1) is 0 Å². The molecule has 1 atom stereocenters. The molecular weight excluding hydrogens is 270 g/mol. The average Bonchev–Trinajstić information content (AvgIpc) is 2.26. The highest BCUT2D eigenvalue weighted by molar-refractivity contribution is 6.31. The average molecular weight is 283 g/mol. The van der Waals surface area contributed by atoms with Gasteiger partial charge in [-0.2, -0.15) is 0 Å². The number of aryl methyl sites for hydroxylation is 2. The second-order valence-corrected chi connectivity index (χ2v) is 4.93. The van der Waals surface area contributed by atoms with E-state index in [9.17, 15) is 13.9 Å². The number of hydrogen-bond donors (Lipinski definition) is 1. The fraction of sp³-hybridized carbons (Fsp3) is 0.200. The first-order chi connectivity index (χ1) is 8.90.